The fourth-order valence-electron chi connectivity index (χ4n) is 0.998. The van der Waals surface area contributed by atoms with E-state index in [2.05, 4.69) is 6.58 Å². The highest BCUT2D eigenvalue weighted by Gasteiger charge is 2.14. The monoisotopic (exact) mass is 267 g/mol. The molecular weight excluding hydrogens is 257 g/mol. The molecule has 2 N–H and O–H groups in total. The van der Waals surface area contributed by atoms with Gasteiger partial charge in [-0.1, -0.05) is 24.2 Å². The molecule has 0 amide bonds. The quantitative estimate of drug-likeness (QED) is 0.855. The molecule has 0 unspecified atom stereocenters. The summed E-state index contributed by atoms with van der Waals surface area (Å²) in [6, 6.07) is 6.08. The fourth-order valence-corrected chi connectivity index (χ4v) is 2.61. The van der Waals surface area contributed by atoms with Gasteiger partial charge in [-0.3, -0.25) is 0 Å². The molecule has 0 spiro atoms. The van der Waals surface area contributed by atoms with Crippen LogP contribution in [0.2, 0.25) is 0 Å². The molecule has 0 saturated heterocycles. The third-order valence-electron chi connectivity index (χ3n) is 1.56. The van der Waals surface area contributed by atoms with Crippen LogP contribution in [-0.2, 0) is 9.84 Å². The molecule has 6 heteroatoms. The minimum absolute atomic E-state index is 0. The van der Waals surface area contributed by atoms with E-state index >= 15 is 0 Å². The Morgan fingerprint density at radius 2 is 2.07 bits per heavy atom. The fraction of sp³-hybridized carbons (Fsp3) is 0.111. The molecule has 0 fully saturated rings. The molecular formula is C9H11Cl2NO2S. The minimum Gasteiger partial charge on any atom is -0.399 e. The second-order valence-electron chi connectivity index (χ2n) is 2.85. The van der Waals surface area contributed by atoms with E-state index in [-0.39, 0.29) is 28.1 Å². The van der Waals surface area contributed by atoms with Crippen LogP contribution < -0.4 is 5.73 Å². The first-order valence-electron chi connectivity index (χ1n) is 3.83. The molecule has 0 bridgehead atoms. The van der Waals surface area contributed by atoms with Gasteiger partial charge in [-0.2, -0.15) is 0 Å². The number of rotatable bonds is 3. The predicted octanol–water partition coefficient (Wildman–Crippen LogP) is 2.22. The summed E-state index contributed by atoms with van der Waals surface area (Å²) in [5.74, 6) is -0.266. The van der Waals surface area contributed by atoms with E-state index in [4.69, 9.17) is 17.3 Å². The molecule has 0 atom stereocenters. The number of hydrogen-bond donors (Lipinski definition) is 1. The Bertz CT molecular complexity index is 457. The number of nitrogens with two attached hydrogens (primary N) is 1. The highest BCUT2D eigenvalue weighted by molar-refractivity contribution is 7.91. The molecule has 0 heterocycles. The van der Waals surface area contributed by atoms with Crippen LogP contribution in [0.4, 0.5) is 5.69 Å². The normalized spacial score (nSPS) is 10.5. The van der Waals surface area contributed by atoms with E-state index in [0.717, 1.165) is 0 Å². The molecule has 1 aromatic carbocycles. The van der Waals surface area contributed by atoms with Crippen LogP contribution in [0.25, 0.3) is 0 Å². The summed E-state index contributed by atoms with van der Waals surface area (Å²) in [4.78, 5) is 0.166. The van der Waals surface area contributed by atoms with Crippen LogP contribution in [0, 0.1) is 0 Å². The zero-order valence-electron chi connectivity index (χ0n) is 7.81. The number of benzene rings is 1. The Morgan fingerprint density at radius 1 is 1.47 bits per heavy atom. The average molecular weight is 268 g/mol. The van der Waals surface area contributed by atoms with Crippen molar-refractivity contribution >= 4 is 39.5 Å². The van der Waals surface area contributed by atoms with Gasteiger partial charge < -0.3 is 5.73 Å². The number of halogens is 2. The van der Waals surface area contributed by atoms with Gasteiger partial charge in [0.1, 0.15) is 0 Å². The molecule has 0 aromatic heterocycles. The lowest BCUT2D eigenvalue weighted by Gasteiger charge is -2.03. The van der Waals surface area contributed by atoms with Gasteiger partial charge in [0.2, 0.25) is 0 Å². The van der Waals surface area contributed by atoms with Gasteiger partial charge in [0.15, 0.2) is 9.84 Å². The van der Waals surface area contributed by atoms with Crippen LogP contribution in [0.1, 0.15) is 0 Å². The second kappa shape index (κ2) is 5.39. The number of sulfone groups is 1. The van der Waals surface area contributed by atoms with Gasteiger partial charge in [0.25, 0.3) is 0 Å². The lowest BCUT2D eigenvalue weighted by Crippen LogP contribution is -2.06. The van der Waals surface area contributed by atoms with E-state index in [1.807, 2.05) is 0 Å². The Labute approximate surface area is 100 Å². The maximum Gasteiger partial charge on any atom is 0.183 e. The van der Waals surface area contributed by atoms with Crippen molar-refractivity contribution in [2.24, 2.45) is 0 Å². The standard InChI is InChI=1S/C9H10ClNO2S.ClH/c1-7(10)6-14(12,13)9-4-2-3-8(11)5-9;/h2-5H,1,6,11H2;1H. The van der Waals surface area contributed by atoms with Crippen molar-refractivity contribution in [3.63, 3.8) is 0 Å². The van der Waals surface area contributed by atoms with Crippen molar-refractivity contribution in [1.82, 2.24) is 0 Å². The molecule has 0 aliphatic carbocycles. The summed E-state index contributed by atoms with van der Waals surface area (Å²) >= 11 is 5.45. The first-order valence-corrected chi connectivity index (χ1v) is 5.86. The van der Waals surface area contributed by atoms with Crippen molar-refractivity contribution in [1.29, 1.82) is 0 Å². The zero-order valence-corrected chi connectivity index (χ0v) is 10.2. The van der Waals surface area contributed by atoms with Gasteiger partial charge in [-0.25, -0.2) is 8.42 Å². The van der Waals surface area contributed by atoms with E-state index in [1.165, 1.54) is 12.1 Å². The third kappa shape index (κ3) is 4.11. The van der Waals surface area contributed by atoms with Crippen molar-refractivity contribution in [2.75, 3.05) is 11.5 Å². The molecule has 3 nitrogen and oxygen atoms in total. The summed E-state index contributed by atoms with van der Waals surface area (Å²) in [5.41, 5.74) is 5.87. The van der Waals surface area contributed by atoms with Crippen LogP contribution in [0.5, 0.6) is 0 Å². The Balaban J connectivity index is 0.00000196. The first-order chi connectivity index (χ1) is 6.42. The average Bonchev–Trinajstić information content (AvgIpc) is 2.01. The van der Waals surface area contributed by atoms with Gasteiger partial charge in [-0.05, 0) is 18.2 Å². The van der Waals surface area contributed by atoms with Gasteiger partial charge in [0.05, 0.1) is 10.6 Å². The van der Waals surface area contributed by atoms with Crippen LogP contribution in [0.3, 0.4) is 0 Å². The first kappa shape index (κ1) is 14.3. The van der Waals surface area contributed by atoms with Crippen LogP contribution >= 0.6 is 24.0 Å². The number of nitrogen functional groups attached to an aromatic ring is 1. The van der Waals surface area contributed by atoms with E-state index in [1.54, 1.807) is 12.1 Å². The smallest absolute Gasteiger partial charge is 0.183 e. The molecule has 0 radical (unpaired) electrons. The summed E-state index contributed by atoms with van der Waals surface area (Å²) in [6.45, 7) is 3.34. The Hall–Kier alpha value is -0.710. The third-order valence-corrected chi connectivity index (χ3v) is 3.56. The predicted molar refractivity (Wildman–Crippen MR) is 65.1 cm³/mol. The summed E-state index contributed by atoms with van der Waals surface area (Å²) < 4.78 is 23.2. The topological polar surface area (TPSA) is 60.2 Å². The molecule has 15 heavy (non-hydrogen) atoms. The van der Waals surface area contributed by atoms with Gasteiger partial charge in [0, 0.05) is 10.7 Å². The summed E-state index contributed by atoms with van der Waals surface area (Å²) in [7, 11) is -3.39. The minimum atomic E-state index is -3.39. The molecule has 84 valence electrons. The van der Waals surface area contributed by atoms with Crippen LogP contribution in [-0.4, -0.2) is 14.2 Å². The van der Waals surface area contributed by atoms with Crippen molar-refractivity contribution in [3.05, 3.63) is 35.9 Å². The Kier molecular flexibility index (Phi) is 5.14. The summed E-state index contributed by atoms with van der Waals surface area (Å²) in [5, 5.41) is 0.0902. The molecule has 1 aromatic rings. The van der Waals surface area contributed by atoms with Gasteiger partial charge in [-0.15, -0.1) is 12.4 Å². The SMILES string of the molecule is C=C(Cl)CS(=O)(=O)c1cccc(N)c1.Cl. The van der Waals surface area contributed by atoms with Gasteiger partial charge >= 0.3 is 0 Å². The second-order valence-corrected chi connectivity index (χ2v) is 5.37. The molecule has 1 rings (SSSR count). The van der Waals surface area contributed by atoms with Crippen molar-refractivity contribution in [2.45, 2.75) is 4.90 Å². The van der Waals surface area contributed by atoms with Crippen molar-refractivity contribution in [3.8, 4) is 0 Å². The maximum atomic E-state index is 11.6. The van der Waals surface area contributed by atoms with E-state index in [9.17, 15) is 8.42 Å². The van der Waals surface area contributed by atoms with E-state index in [0.29, 0.717) is 5.69 Å². The highest BCUT2D eigenvalue weighted by Crippen LogP contribution is 2.17. The molecule has 0 aliphatic heterocycles. The molecule has 0 aliphatic rings. The number of hydrogen-bond acceptors (Lipinski definition) is 3. The largest absolute Gasteiger partial charge is 0.399 e. The number of anilines is 1. The zero-order chi connectivity index (χ0) is 10.8. The van der Waals surface area contributed by atoms with E-state index < -0.39 is 9.84 Å². The lowest BCUT2D eigenvalue weighted by molar-refractivity contribution is 0.599. The Morgan fingerprint density at radius 3 is 2.53 bits per heavy atom. The summed E-state index contributed by atoms with van der Waals surface area (Å²) in [6.07, 6.45) is 0. The molecule has 0 saturated carbocycles. The highest BCUT2D eigenvalue weighted by atomic mass is 35.5. The lowest BCUT2D eigenvalue weighted by atomic mass is 10.3. The van der Waals surface area contributed by atoms with Crippen LogP contribution in [0.15, 0.2) is 40.8 Å². The maximum absolute atomic E-state index is 11.6. The van der Waals surface area contributed by atoms with Crippen molar-refractivity contribution < 1.29 is 8.42 Å².